The van der Waals surface area contributed by atoms with E-state index in [9.17, 15) is 0 Å². The molecule has 16 heavy (non-hydrogen) atoms. The Morgan fingerprint density at radius 3 is 0.188 bits per heavy atom. The molecule has 0 spiro atoms. The third kappa shape index (κ3) is 175. The first kappa shape index (κ1) is 71.0. The van der Waals surface area contributed by atoms with Crippen molar-refractivity contribution in [1.82, 2.24) is 0 Å². The SMILES string of the molecule is C=O.C=O.C=O.C=O.C=O.C=O.C=O.C=O. The number of carbonyl (C=O) groups excluding carboxylic acids is 8. The van der Waals surface area contributed by atoms with Gasteiger partial charge in [-0.05, 0) is 0 Å². The van der Waals surface area contributed by atoms with Crippen molar-refractivity contribution < 1.29 is 38.4 Å². The smallest absolute Gasteiger partial charge is 0.106 e. The van der Waals surface area contributed by atoms with Crippen molar-refractivity contribution in [2.24, 2.45) is 0 Å². The summed E-state index contributed by atoms with van der Waals surface area (Å²) in [5.41, 5.74) is 0. The maximum absolute atomic E-state index is 8.00. The van der Waals surface area contributed by atoms with Crippen LogP contribution in [0.15, 0.2) is 0 Å². The molecule has 0 rings (SSSR count). The summed E-state index contributed by atoms with van der Waals surface area (Å²) in [7, 11) is 0. The molecule has 0 bridgehead atoms. The van der Waals surface area contributed by atoms with Gasteiger partial charge in [-0.3, -0.25) is 0 Å². The summed E-state index contributed by atoms with van der Waals surface area (Å²) in [4.78, 5) is 64.0. The fraction of sp³-hybridized carbons (Fsp3) is 0. The predicted octanol–water partition coefficient (Wildman–Crippen LogP) is -1.48. The van der Waals surface area contributed by atoms with Gasteiger partial charge >= 0.3 is 0 Å². The fourth-order valence-corrected chi connectivity index (χ4v) is 0. The topological polar surface area (TPSA) is 137 Å². The molecule has 0 fully saturated rings. The van der Waals surface area contributed by atoms with Gasteiger partial charge in [-0.2, -0.15) is 0 Å². The predicted molar refractivity (Wildman–Crippen MR) is 57.0 cm³/mol. The maximum atomic E-state index is 8.00. The lowest BCUT2D eigenvalue weighted by molar-refractivity contribution is -0.0987. The second kappa shape index (κ2) is 229. The third-order valence-electron chi connectivity index (χ3n) is 0. The van der Waals surface area contributed by atoms with Crippen LogP contribution < -0.4 is 0 Å². The lowest BCUT2D eigenvalue weighted by Crippen LogP contribution is -0.925. The van der Waals surface area contributed by atoms with Gasteiger partial charge in [0, 0.05) is 0 Å². The molecule has 0 unspecified atom stereocenters. The summed E-state index contributed by atoms with van der Waals surface area (Å²) in [6.45, 7) is 16.0. The Morgan fingerprint density at radius 2 is 0.188 bits per heavy atom. The second-order valence-corrected chi connectivity index (χ2v) is 0. The van der Waals surface area contributed by atoms with E-state index in [-0.39, 0.29) is 0 Å². The molecule has 0 radical (unpaired) electrons. The lowest BCUT2D eigenvalue weighted by atomic mass is 11.9. The van der Waals surface area contributed by atoms with Gasteiger partial charge in [0.25, 0.3) is 0 Å². The number of hydrogen-bond donors (Lipinski definition) is 0. The van der Waals surface area contributed by atoms with Gasteiger partial charge < -0.3 is 38.4 Å². The van der Waals surface area contributed by atoms with E-state index in [4.69, 9.17) is 38.4 Å². The summed E-state index contributed by atoms with van der Waals surface area (Å²) >= 11 is 0. The first-order chi connectivity index (χ1) is 8.00. The standard InChI is InChI=1S/8CH2O/c8*1-2/h8*1H2. The maximum Gasteiger partial charge on any atom is 0.106 e. The quantitative estimate of drug-likeness (QED) is 0.499. The van der Waals surface area contributed by atoms with E-state index in [1.54, 1.807) is 0 Å². The zero-order valence-electron chi connectivity index (χ0n) is 8.92. The summed E-state index contributed by atoms with van der Waals surface area (Å²) in [6.07, 6.45) is 0. The zero-order chi connectivity index (χ0) is 16.0. The van der Waals surface area contributed by atoms with Crippen LogP contribution in [0.2, 0.25) is 0 Å². The van der Waals surface area contributed by atoms with Gasteiger partial charge in [0.15, 0.2) is 0 Å². The Kier molecular flexibility index (Phi) is 1020. The van der Waals surface area contributed by atoms with Crippen molar-refractivity contribution in [3.63, 3.8) is 0 Å². The van der Waals surface area contributed by atoms with E-state index in [2.05, 4.69) is 0 Å². The molecule has 0 heterocycles. The molecule has 0 aliphatic heterocycles. The van der Waals surface area contributed by atoms with Crippen molar-refractivity contribution in [2.75, 3.05) is 0 Å². The monoisotopic (exact) mass is 240 g/mol. The second-order valence-electron chi connectivity index (χ2n) is 0. The molecule has 0 amide bonds. The van der Waals surface area contributed by atoms with Crippen molar-refractivity contribution in [2.45, 2.75) is 0 Å². The average Bonchev–Trinajstić information content (AvgIpc) is 2.54. The molecule has 0 aromatic heterocycles. The van der Waals surface area contributed by atoms with Crippen LogP contribution in [0.4, 0.5) is 0 Å². The van der Waals surface area contributed by atoms with Gasteiger partial charge in [-0.15, -0.1) is 0 Å². The molecule has 0 aliphatic rings. The Balaban J connectivity index is -0.00000000762. The van der Waals surface area contributed by atoms with Crippen LogP contribution in [0.25, 0.3) is 0 Å². The fourth-order valence-electron chi connectivity index (χ4n) is 0. The lowest BCUT2D eigenvalue weighted by Gasteiger charge is -0.837. The van der Waals surface area contributed by atoms with Crippen LogP contribution in [-0.2, 0) is 38.4 Å². The summed E-state index contributed by atoms with van der Waals surface area (Å²) in [5, 5.41) is 0. The normalized spacial score (nSPS) is 2.00. The first-order valence-corrected chi connectivity index (χ1v) is 2.31. The number of hydrogen-bond acceptors (Lipinski definition) is 8. The third-order valence-corrected chi connectivity index (χ3v) is 0. The van der Waals surface area contributed by atoms with Crippen molar-refractivity contribution in [1.29, 1.82) is 0 Å². The molecule has 0 saturated heterocycles. The highest BCUT2D eigenvalue weighted by Gasteiger charge is 0.650. The zero-order valence-corrected chi connectivity index (χ0v) is 8.92. The van der Waals surface area contributed by atoms with E-state index < -0.39 is 0 Å². The summed E-state index contributed by atoms with van der Waals surface area (Å²) in [5.74, 6) is 0. The van der Waals surface area contributed by atoms with Gasteiger partial charge in [0.2, 0.25) is 0 Å². The number of carbonyl (C=O) groups is 8. The molecule has 0 aromatic rings. The van der Waals surface area contributed by atoms with Crippen LogP contribution in [0.5, 0.6) is 0 Å². The number of rotatable bonds is 0. The Bertz CT molecular complexity index is 40.0. The van der Waals surface area contributed by atoms with E-state index in [0.717, 1.165) is 0 Å². The summed E-state index contributed by atoms with van der Waals surface area (Å²) < 4.78 is 0. The molecule has 0 aliphatic carbocycles. The van der Waals surface area contributed by atoms with Crippen LogP contribution in [0.3, 0.4) is 0 Å². The van der Waals surface area contributed by atoms with E-state index >= 15 is 0 Å². The molecular weight excluding hydrogens is 224 g/mol. The Morgan fingerprint density at radius 1 is 0.188 bits per heavy atom. The highest BCUT2D eigenvalue weighted by Crippen LogP contribution is 0.508. The Labute approximate surface area is 93.6 Å². The summed E-state index contributed by atoms with van der Waals surface area (Å²) in [6, 6.07) is 0. The van der Waals surface area contributed by atoms with Crippen LogP contribution >= 0.6 is 0 Å². The minimum absolute atomic E-state index is 2.00. The molecule has 0 N–H and O–H groups in total. The highest BCUT2D eigenvalue weighted by molar-refractivity contribution is 5.11. The minimum Gasteiger partial charge on any atom is -0.307 e. The first-order valence-electron chi connectivity index (χ1n) is 2.31. The van der Waals surface area contributed by atoms with E-state index in [1.807, 2.05) is 54.3 Å². The largest absolute Gasteiger partial charge is 0.307 e. The van der Waals surface area contributed by atoms with Crippen LogP contribution in [0.1, 0.15) is 0 Å². The Hall–Kier alpha value is -2.64. The van der Waals surface area contributed by atoms with E-state index in [0.29, 0.717) is 0 Å². The van der Waals surface area contributed by atoms with Gasteiger partial charge in [0.1, 0.15) is 54.3 Å². The van der Waals surface area contributed by atoms with Crippen molar-refractivity contribution in [3.05, 3.63) is 0 Å². The molecule has 96 valence electrons. The molecular formula is C8H16O8. The molecule has 0 saturated carbocycles. The van der Waals surface area contributed by atoms with Crippen molar-refractivity contribution in [3.8, 4) is 0 Å². The average molecular weight is 240 g/mol. The van der Waals surface area contributed by atoms with Gasteiger partial charge in [-0.25, -0.2) is 0 Å². The van der Waals surface area contributed by atoms with Gasteiger partial charge in [0.05, 0.1) is 0 Å². The molecule has 0 atom stereocenters. The highest BCUT2D eigenvalue weighted by atomic mass is 16.1. The minimum atomic E-state index is 2.00. The van der Waals surface area contributed by atoms with Crippen molar-refractivity contribution >= 4 is 54.3 Å². The van der Waals surface area contributed by atoms with Crippen LogP contribution in [-0.4, -0.2) is 54.3 Å². The molecule has 8 nitrogen and oxygen atoms in total. The molecule has 0 aromatic carbocycles. The van der Waals surface area contributed by atoms with Gasteiger partial charge in [-0.1, -0.05) is 0 Å². The molecule has 8 heteroatoms. The van der Waals surface area contributed by atoms with E-state index in [1.165, 1.54) is 0 Å². The van der Waals surface area contributed by atoms with Crippen LogP contribution in [0, 0.1) is 0 Å².